The van der Waals surface area contributed by atoms with Crippen LogP contribution in [0.5, 0.6) is 0 Å². The van der Waals surface area contributed by atoms with Crippen LogP contribution in [0.2, 0.25) is 10.0 Å². The van der Waals surface area contributed by atoms with E-state index in [1.54, 1.807) is 12.1 Å². The standard InChI is InChI=1S/C23H22Cl2N4O6S/c1-2-36-13-26-12-20(31)28-11-18(23(33)34)29-22(32)21-16(24)8-14(9-17(21)25)10-27-19(30)6-5-15-4-3-7-35-15/h1,3-9,18,26H,10-13H2,(H,27,30)(H,28,31)(H,29,32)(H,33,34)/b6-5+/t18-/m0/s1. The van der Waals surface area contributed by atoms with Crippen LogP contribution >= 0.6 is 35.0 Å². The van der Waals surface area contributed by atoms with Crippen LogP contribution in [0.15, 0.2) is 41.0 Å². The second kappa shape index (κ2) is 14.9. The highest BCUT2D eigenvalue weighted by atomic mass is 35.5. The molecule has 190 valence electrons. The van der Waals surface area contributed by atoms with Gasteiger partial charge in [-0.05, 0) is 41.2 Å². The molecule has 13 heteroatoms. The fraction of sp³-hybridized carbons (Fsp3) is 0.217. The van der Waals surface area contributed by atoms with Crippen LogP contribution in [0.1, 0.15) is 21.7 Å². The van der Waals surface area contributed by atoms with Crippen molar-refractivity contribution in [2.45, 2.75) is 12.6 Å². The molecular weight excluding hydrogens is 531 g/mol. The summed E-state index contributed by atoms with van der Waals surface area (Å²) >= 11 is 13.6. The number of benzene rings is 1. The number of hydrogen-bond donors (Lipinski definition) is 5. The molecule has 1 heterocycles. The molecule has 1 atom stereocenters. The van der Waals surface area contributed by atoms with Crippen LogP contribution in [0.25, 0.3) is 6.08 Å². The number of thioether (sulfide) groups is 1. The van der Waals surface area contributed by atoms with E-state index in [0.717, 1.165) is 11.8 Å². The predicted octanol–water partition coefficient (Wildman–Crippen LogP) is 2.09. The summed E-state index contributed by atoms with van der Waals surface area (Å²) in [5, 5.41) is 21.8. The van der Waals surface area contributed by atoms with Crippen molar-refractivity contribution in [3.63, 3.8) is 0 Å². The minimum absolute atomic E-state index is 0.0428. The minimum atomic E-state index is -1.44. The quantitative estimate of drug-likeness (QED) is 0.110. The molecule has 2 rings (SSSR count). The van der Waals surface area contributed by atoms with E-state index in [1.165, 1.54) is 30.5 Å². The van der Waals surface area contributed by atoms with Gasteiger partial charge in [0.15, 0.2) is 0 Å². The zero-order valence-electron chi connectivity index (χ0n) is 18.7. The molecule has 0 aliphatic heterocycles. The monoisotopic (exact) mass is 552 g/mol. The van der Waals surface area contributed by atoms with E-state index in [9.17, 15) is 24.3 Å². The number of carboxylic acid groups (broad SMARTS) is 1. The first kappa shape index (κ1) is 28.8. The van der Waals surface area contributed by atoms with E-state index in [4.69, 9.17) is 34.0 Å². The molecule has 0 unspecified atom stereocenters. The molecule has 0 aliphatic carbocycles. The fourth-order valence-corrected chi connectivity index (χ4v) is 3.69. The van der Waals surface area contributed by atoms with E-state index in [2.05, 4.69) is 26.5 Å². The van der Waals surface area contributed by atoms with Gasteiger partial charge in [-0.25, -0.2) is 4.79 Å². The van der Waals surface area contributed by atoms with Gasteiger partial charge in [-0.2, -0.15) is 0 Å². The number of amides is 3. The Morgan fingerprint density at radius 3 is 2.53 bits per heavy atom. The van der Waals surface area contributed by atoms with Crippen LogP contribution in [-0.4, -0.2) is 53.8 Å². The van der Waals surface area contributed by atoms with Crippen molar-refractivity contribution >= 4 is 64.7 Å². The lowest BCUT2D eigenvalue weighted by Crippen LogP contribution is -2.49. The number of rotatable bonds is 13. The molecule has 10 nitrogen and oxygen atoms in total. The molecule has 1 aromatic heterocycles. The number of nitrogens with one attached hydrogen (secondary N) is 4. The van der Waals surface area contributed by atoms with Gasteiger partial charge in [0, 0.05) is 19.2 Å². The maximum atomic E-state index is 12.7. The number of furan rings is 1. The maximum absolute atomic E-state index is 12.7. The molecule has 0 aliphatic rings. The highest BCUT2D eigenvalue weighted by molar-refractivity contribution is 8.03. The summed E-state index contributed by atoms with van der Waals surface area (Å²) in [4.78, 5) is 48.0. The van der Waals surface area contributed by atoms with Gasteiger partial charge in [-0.15, -0.1) is 6.42 Å². The summed E-state index contributed by atoms with van der Waals surface area (Å²) in [6.07, 6.45) is 9.35. The van der Waals surface area contributed by atoms with Gasteiger partial charge in [-0.3, -0.25) is 19.7 Å². The van der Waals surface area contributed by atoms with Crippen molar-refractivity contribution < 1.29 is 28.7 Å². The average molecular weight is 553 g/mol. The summed E-state index contributed by atoms with van der Waals surface area (Å²) in [6, 6.07) is 4.80. The second-order valence-electron chi connectivity index (χ2n) is 7.00. The molecule has 36 heavy (non-hydrogen) atoms. The first-order valence-electron chi connectivity index (χ1n) is 10.3. The molecule has 0 saturated heterocycles. The third kappa shape index (κ3) is 9.67. The summed E-state index contributed by atoms with van der Waals surface area (Å²) < 4.78 is 5.10. The maximum Gasteiger partial charge on any atom is 0.328 e. The van der Waals surface area contributed by atoms with Gasteiger partial charge < -0.3 is 25.5 Å². The molecule has 5 N–H and O–H groups in total. The summed E-state index contributed by atoms with van der Waals surface area (Å²) in [5.74, 6) is -2.21. The van der Waals surface area contributed by atoms with Crippen molar-refractivity contribution in [2.24, 2.45) is 0 Å². The molecular formula is C23H22Cl2N4O6S. The Morgan fingerprint density at radius 1 is 1.19 bits per heavy atom. The zero-order valence-corrected chi connectivity index (χ0v) is 21.0. The molecule has 0 bridgehead atoms. The van der Waals surface area contributed by atoms with Crippen molar-refractivity contribution in [2.75, 3.05) is 19.0 Å². The van der Waals surface area contributed by atoms with Gasteiger partial charge >= 0.3 is 5.97 Å². The minimum Gasteiger partial charge on any atom is -0.480 e. The summed E-state index contributed by atoms with van der Waals surface area (Å²) in [7, 11) is 0. The predicted molar refractivity (Wildman–Crippen MR) is 137 cm³/mol. The van der Waals surface area contributed by atoms with E-state index in [0.29, 0.717) is 17.2 Å². The molecule has 3 amide bonds. The largest absolute Gasteiger partial charge is 0.480 e. The number of carbonyl (C=O) groups excluding carboxylic acids is 3. The Labute approximate surface area is 221 Å². The number of carbonyl (C=O) groups is 4. The Bertz CT molecular complexity index is 1140. The highest BCUT2D eigenvalue weighted by Gasteiger charge is 2.24. The van der Waals surface area contributed by atoms with Gasteiger partial charge in [-0.1, -0.05) is 35.0 Å². The van der Waals surface area contributed by atoms with E-state index < -0.39 is 29.7 Å². The lowest BCUT2D eigenvalue weighted by molar-refractivity contribution is -0.139. The Hall–Kier alpha value is -3.43. The second-order valence-corrected chi connectivity index (χ2v) is 8.63. The van der Waals surface area contributed by atoms with Crippen LogP contribution in [0, 0.1) is 11.7 Å². The van der Waals surface area contributed by atoms with Crippen molar-refractivity contribution in [3.05, 3.63) is 63.5 Å². The van der Waals surface area contributed by atoms with Crippen molar-refractivity contribution in [1.82, 2.24) is 21.3 Å². The van der Waals surface area contributed by atoms with Gasteiger partial charge in [0.25, 0.3) is 5.91 Å². The van der Waals surface area contributed by atoms with Crippen molar-refractivity contribution in [3.8, 4) is 11.7 Å². The molecule has 2 aromatic rings. The topological polar surface area (TPSA) is 150 Å². The first-order chi connectivity index (χ1) is 17.2. The Kier molecular flexibility index (Phi) is 11.9. The number of halogens is 2. The lowest BCUT2D eigenvalue weighted by Gasteiger charge is -2.17. The van der Waals surface area contributed by atoms with Gasteiger partial charge in [0.05, 0.1) is 34.3 Å². The summed E-state index contributed by atoms with van der Waals surface area (Å²) in [5.41, 5.74) is 0.371. The molecule has 0 saturated carbocycles. The third-order valence-corrected chi connectivity index (χ3v) is 5.50. The third-order valence-electron chi connectivity index (χ3n) is 4.39. The number of carboxylic acids is 1. The highest BCUT2D eigenvalue weighted by Crippen LogP contribution is 2.27. The molecule has 1 aromatic carbocycles. The lowest BCUT2D eigenvalue weighted by atomic mass is 10.1. The average Bonchev–Trinajstić information content (AvgIpc) is 3.35. The van der Waals surface area contributed by atoms with Crippen LogP contribution in [0.4, 0.5) is 0 Å². The smallest absolute Gasteiger partial charge is 0.328 e. The van der Waals surface area contributed by atoms with Gasteiger partial charge in [0.1, 0.15) is 11.8 Å². The molecule has 0 fully saturated rings. The number of hydrogen-bond acceptors (Lipinski definition) is 7. The molecule has 0 spiro atoms. The van der Waals surface area contributed by atoms with Crippen LogP contribution in [-0.2, 0) is 20.9 Å². The Morgan fingerprint density at radius 2 is 1.92 bits per heavy atom. The normalized spacial score (nSPS) is 11.5. The van der Waals surface area contributed by atoms with E-state index in [-0.39, 0.29) is 35.2 Å². The fourth-order valence-electron chi connectivity index (χ4n) is 2.70. The van der Waals surface area contributed by atoms with E-state index in [1.807, 2.05) is 0 Å². The summed E-state index contributed by atoms with van der Waals surface area (Å²) in [6.45, 7) is -0.377. The van der Waals surface area contributed by atoms with Gasteiger partial charge in [0.2, 0.25) is 11.8 Å². The SMILES string of the molecule is C#CSCNCC(=O)NC[C@H](NC(=O)c1c(Cl)cc(CNC(=O)/C=C/c2ccco2)cc1Cl)C(=O)O. The first-order valence-corrected chi connectivity index (χ1v) is 12.0. The zero-order chi connectivity index (χ0) is 26.5. The van der Waals surface area contributed by atoms with Crippen LogP contribution < -0.4 is 21.3 Å². The Balaban J connectivity index is 1.94. The van der Waals surface area contributed by atoms with Crippen LogP contribution in [0.3, 0.4) is 0 Å². The van der Waals surface area contributed by atoms with E-state index >= 15 is 0 Å². The number of terminal acetylenes is 1. The van der Waals surface area contributed by atoms with Crippen molar-refractivity contribution in [1.29, 1.82) is 0 Å². The molecule has 0 radical (unpaired) electrons. The number of aliphatic carboxylic acids is 1.